The third-order valence-electron chi connectivity index (χ3n) is 2.19. The van der Waals surface area contributed by atoms with Gasteiger partial charge in [0.25, 0.3) is 0 Å². The minimum absolute atomic E-state index is 0.448. The maximum Gasteiger partial charge on any atom is 0.141 e. The van der Waals surface area contributed by atoms with E-state index in [0.717, 1.165) is 16.5 Å². The summed E-state index contributed by atoms with van der Waals surface area (Å²) in [6, 6.07) is 7.86. The van der Waals surface area contributed by atoms with E-state index in [4.69, 9.17) is 11.0 Å². The van der Waals surface area contributed by atoms with E-state index in [2.05, 4.69) is 4.98 Å². The van der Waals surface area contributed by atoms with Gasteiger partial charge in [0.15, 0.2) is 0 Å². The smallest absolute Gasteiger partial charge is 0.141 e. The van der Waals surface area contributed by atoms with Crippen LogP contribution in [0.25, 0.3) is 10.9 Å². The van der Waals surface area contributed by atoms with Gasteiger partial charge in [0.2, 0.25) is 0 Å². The summed E-state index contributed by atoms with van der Waals surface area (Å²) in [7, 11) is 0. The molecule has 0 spiro atoms. The molecule has 3 nitrogen and oxygen atoms in total. The number of para-hydroxylation sites is 1. The molecule has 0 unspecified atom stereocenters. The molecule has 13 heavy (non-hydrogen) atoms. The Hall–Kier alpha value is -1.95. The molecule has 0 atom stereocenters. The van der Waals surface area contributed by atoms with Crippen molar-refractivity contribution in [2.24, 2.45) is 0 Å². The number of H-pyrrole nitrogens is 1. The van der Waals surface area contributed by atoms with Gasteiger partial charge in [-0.1, -0.05) is 18.2 Å². The van der Waals surface area contributed by atoms with Gasteiger partial charge in [-0.15, -0.1) is 0 Å². The Kier molecular flexibility index (Phi) is 1.49. The maximum absolute atomic E-state index is 8.75. The number of aromatic amines is 1. The van der Waals surface area contributed by atoms with Crippen LogP contribution < -0.4 is 5.73 Å². The second kappa shape index (κ2) is 2.53. The Bertz CT molecular complexity index is 503. The van der Waals surface area contributed by atoms with Gasteiger partial charge in [-0.05, 0) is 12.5 Å². The topological polar surface area (TPSA) is 65.6 Å². The van der Waals surface area contributed by atoms with Gasteiger partial charge in [-0.3, -0.25) is 0 Å². The second-order valence-corrected chi connectivity index (χ2v) is 3.02. The predicted octanol–water partition coefficient (Wildman–Crippen LogP) is 1.93. The fraction of sp³-hybridized carbons (Fsp3) is 0.100. The molecule has 2 rings (SSSR count). The van der Waals surface area contributed by atoms with Crippen molar-refractivity contribution in [1.29, 1.82) is 5.26 Å². The molecule has 0 radical (unpaired) electrons. The van der Waals surface area contributed by atoms with Crippen molar-refractivity contribution in [3.05, 3.63) is 29.5 Å². The number of nitrogens with one attached hydrogen (secondary N) is 1. The van der Waals surface area contributed by atoms with Crippen LogP contribution >= 0.6 is 0 Å². The average Bonchev–Trinajstić information content (AvgIpc) is 2.45. The molecule has 0 saturated carbocycles. The molecule has 1 aromatic heterocycles. The fourth-order valence-electron chi connectivity index (χ4n) is 1.47. The van der Waals surface area contributed by atoms with Crippen LogP contribution in [-0.4, -0.2) is 4.98 Å². The zero-order valence-corrected chi connectivity index (χ0v) is 7.26. The fourth-order valence-corrected chi connectivity index (χ4v) is 1.47. The van der Waals surface area contributed by atoms with Crippen molar-refractivity contribution < 1.29 is 0 Å². The van der Waals surface area contributed by atoms with Crippen molar-refractivity contribution >= 4 is 16.6 Å². The lowest BCUT2D eigenvalue weighted by Gasteiger charge is -1.93. The van der Waals surface area contributed by atoms with Crippen LogP contribution in [0.3, 0.4) is 0 Å². The monoisotopic (exact) mass is 171 g/mol. The van der Waals surface area contributed by atoms with Crippen LogP contribution in [0, 0.1) is 18.3 Å². The highest BCUT2D eigenvalue weighted by atomic mass is 14.8. The van der Waals surface area contributed by atoms with Crippen LogP contribution in [0.4, 0.5) is 5.69 Å². The summed E-state index contributed by atoms with van der Waals surface area (Å²) in [5.74, 6) is 0. The quantitative estimate of drug-likeness (QED) is 0.636. The van der Waals surface area contributed by atoms with Gasteiger partial charge in [-0.25, -0.2) is 0 Å². The molecular weight excluding hydrogens is 162 g/mol. The number of nitrogens with two attached hydrogens (primary N) is 1. The minimum atomic E-state index is 0.448. The number of hydrogen-bond acceptors (Lipinski definition) is 2. The molecule has 2 aromatic rings. The molecule has 0 aliphatic rings. The number of fused-ring (bicyclic) bond motifs is 1. The van der Waals surface area contributed by atoms with E-state index in [-0.39, 0.29) is 0 Å². The normalized spacial score (nSPS) is 10.2. The van der Waals surface area contributed by atoms with E-state index in [1.54, 1.807) is 0 Å². The first-order valence-corrected chi connectivity index (χ1v) is 4.01. The van der Waals surface area contributed by atoms with Crippen LogP contribution in [-0.2, 0) is 0 Å². The van der Waals surface area contributed by atoms with Gasteiger partial charge in [0.1, 0.15) is 11.8 Å². The number of nitriles is 1. The number of nitrogen functional groups attached to an aromatic ring is 1. The lowest BCUT2D eigenvalue weighted by Crippen LogP contribution is -1.85. The third-order valence-corrected chi connectivity index (χ3v) is 2.19. The summed E-state index contributed by atoms with van der Waals surface area (Å²) in [4.78, 5) is 3.00. The van der Waals surface area contributed by atoms with Crippen molar-refractivity contribution in [2.75, 3.05) is 5.73 Å². The van der Waals surface area contributed by atoms with E-state index in [1.165, 1.54) is 0 Å². The highest BCUT2D eigenvalue weighted by Crippen LogP contribution is 2.26. The zero-order chi connectivity index (χ0) is 9.42. The number of anilines is 1. The molecule has 0 fully saturated rings. The van der Waals surface area contributed by atoms with Crippen LogP contribution in [0.2, 0.25) is 0 Å². The van der Waals surface area contributed by atoms with Crippen LogP contribution in [0.15, 0.2) is 18.2 Å². The van der Waals surface area contributed by atoms with Crippen molar-refractivity contribution in [1.82, 2.24) is 4.98 Å². The Balaban J connectivity index is 2.94. The number of rotatable bonds is 0. The highest BCUT2D eigenvalue weighted by Gasteiger charge is 2.08. The molecule has 1 aromatic carbocycles. The van der Waals surface area contributed by atoms with Gasteiger partial charge in [-0.2, -0.15) is 5.26 Å². The maximum atomic E-state index is 8.75. The van der Waals surface area contributed by atoms with Crippen molar-refractivity contribution in [3.8, 4) is 6.07 Å². The minimum Gasteiger partial charge on any atom is -0.396 e. The highest BCUT2D eigenvalue weighted by molar-refractivity contribution is 5.96. The molecule has 0 aliphatic carbocycles. The van der Waals surface area contributed by atoms with Crippen LogP contribution in [0.1, 0.15) is 11.3 Å². The number of nitrogens with zero attached hydrogens (tertiary/aromatic N) is 1. The summed E-state index contributed by atoms with van der Waals surface area (Å²) in [5, 5.41) is 9.68. The Morgan fingerprint density at radius 1 is 1.46 bits per heavy atom. The molecule has 3 N–H and O–H groups in total. The largest absolute Gasteiger partial charge is 0.396 e. The summed E-state index contributed by atoms with van der Waals surface area (Å²) in [5.41, 5.74) is 8.81. The summed E-state index contributed by atoms with van der Waals surface area (Å²) in [6.45, 7) is 1.99. The standard InChI is InChI=1S/C10H9N3/c1-6-3-2-4-7-9(12)8(5-11)13-10(6)7/h2-4,13H,12H2,1H3. The lowest BCUT2D eigenvalue weighted by atomic mass is 10.1. The van der Waals surface area contributed by atoms with E-state index >= 15 is 0 Å². The molecule has 0 saturated heterocycles. The summed E-state index contributed by atoms with van der Waals surface area (Å²) in [6.07, 6.45) is 0. The van der Waals surface area contributed by atoms with E-state index in [1.807, 2.05) is 31.2 Å². The molecule has 64 valence electrons. The lowest BCUT2D eigenvalue weighted by molar-refractivity contribution is 1.35. The predicted molar refractivity (Wildman–Crippen MR) is 52.2 cm³/mol. The molecule has 0 amide bonds. The average molecular weight is 171 g/mol. The van der Waals surface area contributed by atoms with Crippen molar-refractivity contribution in [2.45, 2.75) is 6.92 Å². The van der Waals surface area contributed by atoms with Gasteiger partial charge in [0.05, 0.1) is 11.2 Å². The second-order valence-electron chi connectivity index (χ2n) is 3.02. The Morgan fingerprint density at radius 2 is 2.23 bits per heavy atom. The van der Waals surface area contributed by atoms with E-state index in [9.17, 15) is 0 Å². The first-order valence-electron chi connectivity index (χ1n) is 4.01. The van der Waals surface area contributed by atoms with Gasteiger partial charge >= 0.3 is 0 Å². The molecule has 0 aliphatic heterocycles. The molecule has 3 heteroatoms. The first kappa shape index (κ1) is 7.69. The van der Waals surface area contributed by atoms with E-state index in [0.29, 0.717) is 11.4 Å². The van der Waals surface area contributed by atoms with Crippen LogP contribution in [0.5, 0.6) is 0 Å². The molecule has 1 heterocycles. The molecular formula is C10H9N3. The SMILES string of the molecule is Cc1cccc2c(N)c(C#N)[nH]c12. The summed E-state index contributed by atoms with van der Waals surface area (Å²) >= 11 is 0. The van der Waals surface area contributed by atoms with E-state index < -0.39 is 0 Å². The Morgan fingerprint density at radius 3 is 2.85 bits per heavy atom. The molecule has 0 bridgehead atoms. The summed E-state index contributed by atoms with van der Waals surface area (Å²) < 4.78 is 0. The first-order chi connectivity index (χ1) is 6.24. The number of aryl methyl sites for hydroxylation is 1. The number of hydrogen-bond donors (Lipinski definition) is 2. The number of benzene rings is 1. The Labute approximate surface area is 75.8 Å². The van der Waals surface area contributed by atoms with Crippen molar-refractivity contribution in [3.63, 3.8) is 0 Å². The van der Waals surface area contributed by atoms with Gasteiger partial charge in [0, 0.05) is 5.39 Å². The van der Waals surface area contributed by atoms with Gasteiger partial charge < -0.3 is 10.7 Å². The zero-order valence-electron chi connectivity index (χ0n) is 7.26. The third kappa shape index (κ3) is 0.960. The number of aromatic nitrogens is 1.